The summed E-state index contributed by atoms with van der Waals surface area (Å²) in [5.41, 5.74) is 1.38. The molecule has 1 unspecified atom stereocenters. The zero-order valence-electron chi connectivity index (χ0n) is 16.2. The van der Waals surface area contributed by atoms with Gasteiger partial charge >= 0.3 is 0 Å². The summed E-state index contributed by atoms with van der Waals surface area (Å²) in [6.45, 7) is 5.49. The molecule has 1 aliphatic carbocycles. The van der Waals surface area contributed by atoms with Gasteiger partial charge in [-0.05, 0) is 30.7 Å². The van der Waals surface area contributed by atoms with Crippen molar-refractivity contribution in [2.45, 2.75) is 38.5 Å². The van der Waals surface area contributed by atoms with E-state index in [0.717, 1.165) is 52.2 Å². The first-order chi connectivity index (χ1) is 12.7. The third-order valence-corrected chi connectivity index (χ3v) is 5.93. The highest BCUT2D eigenvalue weighted by atomic mass is 16.5. The molecule has 4 nitrogen and oxygen atoms in total. The third kappa shape index (κ3) is 5.82. The molecule has 1 heterocycles. The maximum Gasteiger partial charge on any atom is 0.222 e. The summed E-state index contributed by atoms with van der Waals surface area (Å²) in [7, 11) is 1.77. The van der Waals surface area contributed by atoms with Crippen molar-refractivity contribution in [1.29, 1.82) is 0 Å². The van der Waals surface area contributed by atoms with E-state index in [-0.39, 0.29) is 0 Å². The zero-order chi connectivity index (χ0) is 18.2. The van der Waals surface area contributed by atoms with Gasteiger partial charge in [-0.15, -0.1) is 0 Å². The van der Waals surface area contributed by atoms with Gasteiger partial charge in [-0.2, -0.15) is 0 Å². The highest BCUT2D eigenvalue weighted by Crippen LogP contribution is 2.28. The van der Waals surface area contributed by atoms with Crippen LogP contribution in [-0.2, 0) is 16.0 Å². The molecule has 0 radical (unpaired) electrons. The van der Waals surface area contributed by atoms with Crippen LogP contribution in [-0.4, -0.2) is 62.1 Å². The van der Waals surface area contributed by atoms with Gasteiger partial charge in [0.2, 0.25) is 5.91 Å². The molecule has 1 amide bonds. The van der Waals surface area contributed by atoms with Crippen LogP contribution in [0.5, 0.6) is 0 Å². The number of nitrogens with zero attached hydrogens (tertiary/aromatic N) is 2. The van der Waals surface area contributed by atoms with E-state index in [1.807, 2.05) is 0 Å². The van der Waals surface area contributed by atoms with E-state index in [1.54, 1.807) is 7.11 Å². The minimum absolute atomic E-state index is 0.364. The van der Waals surface area contributed by atoms with Gasteiger partial charge < -0.3 is 14.5 Å². The first kappa shape index (κ1) is 19.4. The van der Waals surface area contributed by atoms with Crippen LogP contribution in [0.1, 0.15) is 37.7 Å². The molecule has 0 N–H and O–H groups in total. The number of carbonyl (C=O) groups is 1. The Hall–Kier alpha value is -1.39. The van der Waals surface area contributed by atoms with Crippen LogP contribution in [0.4, 0.5) is 0 Å². The number of carbonyl (C=O) groups excluding carboxylic acids is 1. The van der Waals surface area contributed by atoms with Gasteiger partial charge in [0.05, 0.1) is 6.61 Å². The Labute approximate surface area is 158 Å². The van der Waals surface area contributed by atoms with Gasteiger partial charge in [0.15, 0.2) is 0 Å². The summed E-state index contributed by atoms with van der Waals surface area (Å²) in [6, 6.07) is 10.7. The van der Waals surface area contributed by atoms with Crippen LogP contribution in [0.15, 0.2) is 30.3 Å². The van der Waals surface area contributed by atoms with Crippen molar-refractivity contribution in [1.82, 2.24) is 9.80 Å². The molecule has 1 saturated carbocycles. The minimum Gasteiger partial charge on any atom is -0.384 e. The summed E-state index contributed by atoms with van der Waals surface area (Å²) >= 11 is 0. The second-order valence-corrected chi connectivity index (χ2v) is 8.05. The fraction of sp³-hybridized carbons (Fsp3) is 0.682. The van der Waals surface area contributed by atoms with E-state index in [9.17, 15) is 4.79 Å². The Bertz CT molecular complexity index is 542. The van der Waals surface area contributed by atoms with Crippen molar-refractivity contribution in [3.63, 3.8) is 0 Å². The normalized spacial score (nSPS) is 22.5. The number of methoxy groups -OCH3 is 1. The SMILES string of the molecule is COCC1CN(CCc2ccccc2)CCN(C(=O)CC2CCCC2)C1. The van der Waals surface area contributed by atoms with E-state index >= 15 is 0 Å². The summed E-state index contributed by atoms with van der Waals surface area (Å²) in [5, 5.41) is 0. The van der Waals surface area contributed by atoms with E-state index in [4.69, 9.17) is 4.74 Å². The quantitative estimate of drug-likeness (QED) is 0.750. The number of rotatable bonds is 7. The summed E-state index contributed by atoms with van der Waals surface area (Å²) < 4.78 is 5.44. The van der Waals surface area contributed by atoms with Gasteiger partial charge in [-0.25, -0.2) is 0 Å². The van der Waals surface area contributed by atoms with Crippen LogP contribution in [0.25, 0.3) is 0 Å². The smallest absolute Gasteiger partial charge is 0.222 e. The van der Waals surface area contributed by atoms with Crippen molar-refractivity contribution >= 4 is 5.91 Å². The van der Waals surface area contributed by atoms with Crippen molar-refractivity contribution in [3.8, 4) is 0 Å². The summed E-state index contributed by atoms with van der Waals surface area (Å²) in [4.78, 5) is 17.4. The van der Waals surface area contributed by atoms with Gasteiger partial charge in [-0.3, -0.25) is 4.79 Å². The van der Waals surface area contributed by atoms with Crippen molar-refractivity contribution in [3.05, 3.63) is 35.9 Å². The zero-order valence-corrected chi connectivity index (χ0v) is 16.2. The molecule has 2 fully saturated rings. The van der Waals surface area contributed by atoms with Gasteiger partial charge in [0, 0.05) is 52.2 Å². The molecule has 1 aromatic carbocycles. The average molecular weight is 359 g/mol. The standard InChI is InChI=1S/C22H34N2O2/c1-26-18-21-16-23(12-11-19-7-3-2-4-8-19)13-14-24(17-21)22(25)15-20-9-5-6-10-20/h2-4,7-8,20-21H,5-6,9-18H2,1H3. The van der Waals surface area contributed by atoms with E-state index in [2.05, 4.69) is 40.1 Å². The fourth-order valence-corrected chi connectivity index (χ4v) is 4.47. The van der Waals surface area contributed by atoms with E-state index in [0.29, 0.717) is 17.7 Å². The molecule has 2 aliphatic rings. The fourth-order valence-electron chi connectivity index (χ4n) is 4.47. The lowest BCUT2D eigenvalue weighted by atomic mass is 10.0. The van der Waals surface area contributed by atoms with E-state index < -0.39 is 0 Å². The molecule has 144 valence electrons. The second kappa shape index (κ2) is 10.1. The van der Waals surface area contributed by atoms with Gasteiger partial charge in [0.25, 0.3) is 0 Å². The van der Waals surface area contributed by atoms with Crippen molar-refractivity contribution in [2.75, 3.05) is 46.4 Å². The molecular weight excluding hydrogens is 324 g/mol. The maximum absolute atomic E-state index is 12.8. The number of ether oxygens (including phenoxy) is 1. The highest BCUT2D eigenvalue weighted by molar-refractivity contribution is 5.76. The van der Waals surface area contributed by atoms with Crippen LogP contribution in [0, 0.1) is 11.8 Å². The molecule has 1 aliphatic heterocycles. The Morgan fingerprint density at radius 1 is 1.08 bits per heavy atom. The molecule has 0 bridgehead atoms. The molecule has 1 atom stereocenters. The topological polar surface area (TPSA) is 32.8 Å². The first-order valence-corrected chi connectivity index (χ1v) is 10.3. The van der Waals surface area contributed by atoms with Crippen LogP contribution in [0.2, 0.25) is 0 Å². The second-order valence-electron chi connectivity index (χ2n) is 8.05. The highest BCUT2D eigenvalue weighted by Gasteiger charge is 2.27. The Morgan fingerprint density at radius 3 is 2.58 bits per heavy atom. The predicted octanol–water partition coefficient (Wildman–Crippen LogP) is 3.22. The molecular formula is C22H34N2O2. The molecule has 1 aromatic rings. The molecule has 3 rings (SSSR count). The number of hydrogen-bond donors (Lipinski definition) is 0. The predicted molar refractivity (Wildman–Crippen MR) is 105 cm³/mol. The Morgan fingerprint density at radius 2 is 1.85 bits per heavy atom. The number of benzene rings is 1. The Balaban J connectivity index is 1.54. The molecule has 0 aromatic heterocycles. The first-order valence-electron chi connectivity index (χ1n) is 10.3. The lowest BCUT2D eigenvalue weighted by Crippen LogP contribution is -2.37. The Kier molecular flexibility index (Phi) is 7.51. The lowest BCUT2D eigenvalue weighted by molar-refractivity contribution is -0.132. The summed E-state index contributed by atoms with van der Waals surface area (Å²) in [6.07, 6.45) is 6.91. The van der Waals surface area contributed by atoms with Gasteiger partial charge in [-0.1, -0.05) is 43.2 Å². The van der Waals surface area contributed by atoms with Crippen LogP contribution >= 0.6 is 0 Å². The largest absolute Gasteiger partial charge is 0.384 e. The summed E-state index contributed by atoms with van der Waals surface area (Å²) in [5.74, 6) is 1.40. The van der Waals surface area contributed by atoms with Crippen LogP contribution < -0.4 is 0 Å². The molecule has 1 saturated heterocycles. The monoisotopic (exact) mass is 358 g/mol. The van der Waals surface area contributed by atoms with Gasteiger partial charge in [0.1, 0.15) is 0 Å². The van der Waals surface area contributed by atoms with Crippen molar-refractivity contribution < 1.29 is 9.53 Å². The number of hydrogen-bond acceptors (Lipinski definition) is 3. The molecule has 4 heteroatoms. The van der Waals surface area contributed by atoms with E-state index in [1.165, 1.54) is 31.2 Å². The third-order valence-electron chi connectivity index (χ3n) is 5.93. The maximum atomic E-state index is 12.8. The minimum atomic E-state index is 0.364. The lowest BCUT2D eigenvalue weighted by Gasteiger charge is -2.25. The van der Waals surface area contributed by atoms with Crippen LogP contribution in [0.3, 0.4) is 0 Å². The number of amides is 1. The average Bonchev–Trinajstić information content (AvgIpc) is 3.07. The van der Waals surface area contributed by atoms with Crippen molar-refractivity contribution in [2.24, 2.45) is 11.8 Å². The molecule has 0 spiro atoms. The molecule has 26 heavy (non-hydrogen) atoms.